The Morgan fingerprint density at radius 1 is 1.22 bits per heavy atom. The fourth-order valence-corrected chi connectivity index (χ4v) is 2.26. The Labute approximate surface area is 158 Å². The topological polar surface area (TPSA) is 103 Å². The molecule has 1 heterocycles. The summed E-state index contributed by atoms with van der Waals surface area (Å²) in [6.07, 6.45) is 0.697. The fraction of sp³-hybridized carbons (Fsp3) is 0.474. The molecule has 1 aliphatic rings. The first-order chi connectivity index (χ1) is 12.5. The van der Waals surface area contributed by atoms with Crippen LogP contribution in [-0.2, 0) is 19.0 Å². The molecule has 1 aliphatic heterocycles. The number of nitrogens with one attached hydrogen (secondary N) is 1. The van der Waals surface area contributed by atoms with Crippen LogP contribution in [0, 0.1) is 0 Å². The quantitative estimate of drug-likeness (QED) is 0.781. The average Bonchev–Trinajstić information content (AvgIpc) is 2.88. The zero-order chi connectivity index (χ0) is 20.2. The van der Waals surface area contributed by atoms with Crippen molar-refractivity contribution >= 4 is 12.1 Å². The van der Waals surface area contributed by atoms with Gasteiger partial charge in [0.25, 0.3) is 0 Å². The minimum absolute atomic E-state index is 0.182. The van der Waals surface area contributed by atoms with Crippen LogP contribution in [0.4, 0.5) is 4.79 Å². The van der Waals surface area contributed by atoms with Crippen molar-refractivity contribution in [3.05, 3.63) is 41.9 Å². The molecule has 27 heavy (non-hydrogen) atoms. The molecule has 148 valence electrons. The second kappa shape index (κ2) is 7.77. The molecule has 0 radical (unpaired) electrons. The Hall–Kier alpha value is -2.90. The molecule has 1 aromatic carbocycles. The summed E-state index contributed by atoms with van der Waals surface area (Å²) in [6, 6.07) is 5.13. The van der Waals surface area contributed by atoms with Crippen LogP contribution in [-0.4, -0.2) is 35.2 Å². The van der Waals surface area contributed by atoms with Gasteiger partial charge >= 0.3 is 12.1 Å². The van der Waals surface area contributed by atoms with Crippen molar-refractivity contribution in [3.63, 3.8) is 0 Å². The Morgan fingerprint density at radius 3 is 2.33 bits per heavy atom. The van der Waals surface area contributed by atoms with Gasteiger partial charge in [-0.3, -0.25) is 0 Å². The number of carbonyl (C=O) groups excluding carboxylic acids is 1. The van der Waals surface area contributed by atoms with Gasteiger partial charge in [0, 0.05) is 13.8 Å². The van der Waals surface area contributed by atoms with Crippen molar-refractivity contribution in [2.75, 3.05) is 6.61 Å². The number of carboxylic acids is 1. The number of amides is 1. The molecule has 0 unspecified atom stereocenters. The highest BCUT2D eigenvalue weighted by Gasteiger charge is 2.28. The number of carboxylic acid groups (broad SMARTS) is 1. The molecule has 8 nitrogen and oxygen atoms in total. The van der Waals surface area contributed by atoms with Gasteiger partial charge in [-0.25, -0.2) is 9.59 Å². The zero-order valence-corrected chi connectivity index (χ0v) is 16.1. The van der Waals surface area contributed by atoms with Crippen LogP contribution in [0.25, 0.3) is 0 Å². The lowest BCUT2D eigenvalue weighted by atomic mass is 10.1. The van der Waals surface area contributed by atoms with Gasteiger partial charge in [0.1, 0.15) is 24.2 Å². The van der Waals surface area contributed by atoms with Crippen LogP contribution < -0.4 is 10.1 Å². The Morgan fingerprint density at radius 2 is 1.85 bits per heavy atom. The average molecular weight is 379 g/mol. The summed E-state index contributed by atoms with van der Waals surface area (Å²) in [5.74, 6) is -0.822. The van der Waals surface area contributed by atoms with E-state index in [1.54, 1.807) is 58.9 Å². The summed E-state index contributed by atoms with van der Waals surface area (Å²) in [5.41, 5.74) is -0.332. The molecule has 0 aromatic heterocycles. The molecular formula is C19H25NO7. The molecular weight excluding hydrogens is 354 g/mol. The lowest BCUT2D eigenvalue weighted by molar-refractivity contribution is -0.139. The highest BCUT2D eigenvalue weighted by atomic mass is 16.7. The number of hydrogen-bond acceptors (Lipinski definition) is 6. The first kappa shape index (κ1) is 20.4. The van der Waals surface area contributed by atoms with E-state index in [4.69, 9.17) is 18.9 Å². The molecule has 2 rings (SSSR count). The van der Waals surface area contributed by atoms with Gasteiger partial charge in [-0.2, -0.15) is 0 Å². The van der Waals surface area contributed by atoms with E-state index in [0.717, 1.165) is 0 Å². The van der Waals surface area contributed by atoms with Crippen LogP contribution >= 0.6 is 0 Å². The smallest absolute Gasteiger partial charge is 0.408 e. The van der Waals surface area contributed by atoms with Crippen molar-refractivity contribution in [3.8, 4) is 5.75 Å². The van der Waals surface area contributed by atoms with Gasteiger partial charge in [0.05, 0.1) is 0 Å². The molecule has 1 atom stereocenters. The molecule has 0 aliphatic carbocycles. The third-order valence-corrected chi connectivity index (χ3v) is 3.35. The van der Waals surface area contributed by atoms with E-state index in [2.05, 4.69) is 5.32 Å². The predicted octanol–water partition coefficient (Wildman–Crippen LogP) is 3.34. The van der Waals surface area contributed by atoms with Crippen molar-refractivity contribution in [2.24, 2.45) is 0 Å². The van der Waals surface area contributed by atoms with E-state index in [0.29, 0.717) is 17.1 Å². The van der Waals surface area contributed by atoms with E-state index in [1.165, 1.54) is 6.26 Å². The zero-order valence-electron chi connectivity index (χ0n) is 16.1. The third-order valence-electron chi connectivity index (χ3n) is 3.35. The first-order valence-electron chi connectivity index (χ1n) is 8.46. The van der Waals surface area contributed by atoms with Crippen molar-refractivity contribution in [2.45, 2.75) is 52.0 Å². The molecule has 0 bridgehead atoms. The van der Waals surface area contributed by atoms with Crippen LogP contribution in [0.1, 0.15) is 46.2 Å². The molecule has 1 aromatic rings. The minimum atomic E-state index is -1.23. The number of benzene rings is 1. The third kappa shape index (κ3) is 6.40. The summed E-state index contributed by atoms with van der Waals surface area (Å²) in [7, 11) is 0. The maximum absolute atomic E-state index is 11.9. The van der Waals surface area contributed by atoms with Crippen molar-refractivity contribution in [1.29, 1.82) is 0 Å². The van der Waals surface area contributed by atoms with Crippen LogP contribution in [0.5, 0.6) is 5.75 Å². The largest absolute Gasteiger partial charge is 0.486 e. The van der Waals surface area contributed by atoms with Crippen molar-refractivity contribution in [1.82, 2.24) is 5.32 Å². The number of rotatable bonds is 6. The van der Waals surface area contributed by atoms with E-state index < -0.39 is 29.5 Å². The number of ether oxygens (including phenoxy) is 4. The number of carbonyl (C=O) groups is 2. The maximum atomic E-state index is 11.9. The summed E-state index contributed by atoms with van der Waals surface area (Å²) in [5, 5.41) is 11.7. The standard InChI is InChI=1S/C19H25NO7/c1-18(2,3)27-17(23)20-15(16(21)22)12-6-8-13(9-7-12)24-10-14-11-25-19(4,5)26-14/h6-9,11,15H,10H2,1-5H3,(H,20,23)(H,21,22)/t15-/m0/s1. The molecule has 0 saturated heterocycles. The van der Waals surface area contributed by atoms with Gasteiger partial charge in [-0.05, 0) is 38.5 Å². The van der Waals surface area contributed by atoms with Crippen LogP contribution in [0.15, 0.2) is 36.3 Å². The number of aliphatic carboxylic acids is 1. The Balaban J connectivity index is 1.96. The van der Waals surface area contributed by atoms with E-state index in [9.17, 15) is 14.7 Å². The van der Waals surface area contributed by atoms with E-state index in [1.807, 2.05) is 0 Å². The van der Waals surface area contributed by atoms with E-state index >= 15 is 0 Å². The lowest BCUT2D eigenvalue weighted by Crippen LogP contribution is -2.38. The first-order valence-corrected chi connectivity index (χ1v) is 8.46. The van der Waals surface area contributed by atoms with Gasteiger partial charge in [0.2, 0.25) is 5.79 Å². The molecule has 0 fully saturated rings. The van der Waals surface area contributed by atoms with Gasteiger partial charge < -0.3 is 29.4 Å². The predicted molar refractivity (Wildman–Crippen MR) is 96.0 cm³/mol. The van der Waals surface area contributed by atoms with Gasteiger partial charge in [-0.1, -0.05) is 12.1 Å². The molecule has 2 N–H and O–H groups in total. The SMILES string of the molecule is CC(C)(C)OC(=O)N[C@H](C(=O)O)c1ccc(OCC2=COC(C)(C)O2)cc1. The monoisotopic (exact) mass is 379 g/mol. The normalized spacial score (nSPS) is 16.4. The number of alkyl carbamates (subject to hydrolysis) is 1. The second-order valence-corrected chi connectivity index (χ2v) is 7.48. The summed E-state index contributed by atoms with van der Waals surface area (Å²) >= 11 is 0. The summed E-state index contributed by atoms with van der Waals surface area (Å²) < 4.78 is 21.5. The second-order valence-electron chi connectivity index (χ2n) is 7.48. The Kier molecular flexibility index (Phi) is 5.88. The van der Waals surface area contributed by atoms with Gasteiger partial charge in [0.15, 0.2) is 11.8 Å². The van der Waals surface area contributed by atoms with E-state index in [-0.39, 0.29) is 6.61 Å². The van der Waals surface area contributed by atoms with Gasteiger partial charge in [-0.15, -0.1) is 0 Å². The van der Waals surface area contributed by atoms with Crippen LogP contribution in [0.2, 0.25) is 0 Å². The fourth-order valence-electron chi connectivity index (χ4n) is 2.26. The summed E-state index contributed by atoms with van der Waals surface area (Å²) in [4.78, 5) is 23.4. The molecule has 1 amide bonds. The molecule has 0 spiro atoms. The maximum Gasteiger partial charge on any atom is 0.408 e. The Bertz CT molecular complexity index is 717. The number of hydrogen-bond donors (Lipinski definition) is 2. The highest BCUT2D eigenvalue weighted by Crippen LogP contribution is 2.25. The lowest BCUT2D eigenvalue weighted by Gasteiger charge is -2.22. The molecule has 0 saturated carbocycles. The van der Waals surface area contributed by atoms with Crippen molar-refractivity contribution < 1.29 is 33.6 Å². The molecule has 8 heteroatoms. The highest BCUT2D eigenvalue weighted by molar-refractivity contribution is 5.81. The van der Waals surface area contributed by atoms with Crippen LogP contribution in [0.3, 0.4) is 0 Å². The summed E-state index contributed by atoms with van der Waals surface area (Å²) in [6.45, 7) is 8.85. The minimum Gasteiger partial charge on any atom is -0.486 e.